The van der Waals surface area contributed by atoms with E-state index in [1.165, 1.54) is 12.8 Å². The lowest BCUT2D eigenvalue weighted by atomic mass is 10.2. The number of halogens is 1. The highest BCUT2D eigenvalue weighted by molar-refractivity contribution is 6.29. The molecule has 1 aliphatic carbocycles. The summed E-state index contributed by atoms with van der Waals surface area (Å²) in [4.78, 5) is 19.7. The SMILES string of the molecule is Cc1cc(Cl)nc(NC(=O)CNC2CCCC2)n1. The first-order valence-electron chi connectivity index (χ1n) is 6.18. The van der Waals surface area contributed by atoms with E-state index in [4.69, 9.17) is 11.6 Å². The van der Waals surface area contributed by atoms with Crippen molar-refractivity contribution in [3.05, 3.63) is 16.9 Å². The summed E-state index contributed by atoms with van der Waals surface area (Å²) in [5.74, 6) is 0.127. The topological polar surface area (TPSA) is 66.9 Å². The van der Waals surface area contributed by atoms with Gasteiger partial charge in [0.15, 0.2) is 0 Å². The molecule has 1 fully saturated rings. The van der Waals surface area contributed by atoms with Crippen LogP contribution in [-0.2, 0) is 4.79 Å². The molecule has 2 N–H and O–H groups in total. The standard InChI is InChI=1S/C12H17ClN4O/c1-8-6-10(13)16-12(15-8)17-11(18)7-14-9-4-2-3-5-9/h6,9,14H,2-5,7H2,1H3,(H,15,16,17,18). The van der Waals surface area contributed by atoms with Gasteiger partial charge in [-0.2, -0.15) is 0 Å². The number of aromatic nitrogens is 2. The van der Waals surface area contributed by atoms with Crippen molar-refractivity contribution in [3.63, 3.8) is 0 Å². The molecule has 0 aromatic carbocycles. The molecular formula is C12H17ClN4O. The van der Waals surface area contributed by atoms with E-state index in [1.54, 1.807) is 13.0 Å². The van der Waals surface area contributed by atoms with Gasteiger partial charge in [0.25, 0.3) is 0 Å². The second kappa shape index (κ2) is 6.11. The van der Waals surface area contributed by atoms with E-state index >= 15 is 0 Å². The lowest BCUT2D eigenvalue weighted by Gasteiger charge is -2.11. The summed E-state index contributed by atoms with van der Waals surface area (Å²) in [5.41, 5.74) is 0.731. The maximum atomic E-state index is 11.7. The molecule has 0 saturated heterocycles. The number of carbonyl (C=O) groups excluding carboxylic acids is 1. The number of hydrogen-bond acceptors (Lipinski definition) is 4. The number of nitrogens with zero attached hydrogens (tertiary/aromatic N) is 2. The number of amides is 1. The summed E-state index contributed by atoms with van der Waals surface area (Å²) in [6, 6.07) is 2.12. The van der Waals surface area contributed by atoms with E-state index in [0.717, 1.165) is 18.5 Å². The monoisotopic (exact) mass is 268 g/mol. The molecule has 1 saturated carbocycles. The fourth-order valence-electron chi connectivity index (χ4n) is 2.12. The second-order valence-corrected chi connectivity index (χ2v) is 4.95. The zero-order valence-corrected chi connectivity index (χ0v) is 11.1. The molecule has 1 aliphatic rings. The van der Waals surface area contributed by atoms with E-state index in [1.807, 2.05) is 0 Å². The minimum atomic E-state index is -0.136. The molecule has 0 aliphatic heterocycles. The van der Waals surface area contributed by atoms with Crippen molar-refractivity contribution in [2.24, 2.45) is 0 Å². The van der Waals surface area contributed by atoms with Crippen LogP contribution in [0.4, 0.5) is 5.95 Å². The quantitative estimate of drug-likeness (QED) is 0.819. The Kier molecular flexibility index (Phi) is 4.49. The summed E-state index contributed by atoms with van der Waals surface area (Å²) in [6.45, 7) is 2.10. The van der Waals surface area contributed by atoms with Gasteiger partial charge in [-0.25, -0.2) is 9.97 Å². The highest BCUT2D eigenvalue weighted by Gasteiger charge is 2.15. The molecule has 5 nitrogen and oxygen atoms in total. The highest BCUT2D eigenvalue weighted by atomic mass is 35.5. The molecular weight excluding hydrogens is 252 g/mol. The Morgan fingerprint density at radius 2 is 2.17 bits per heavy atom. The molecule has 98 valence electrons. The number of hydrogen-bond donors (Lipinski definition) is 2. The average Bonchev–Trinajstić information content (AvgIpc) is 2.77. The summed E-state index contributed by atoms with van der Waals surface area (Å²) in [6.07, 6.45) is 4.80. The van der Waals surface area contributed by atoms with Crippen LogP contribution in [0.25, 0.3) is 0 Å². The number of aryl methyl sites for hydroxylation is 1. The zero-order valence-electron chi connectivity index (χ0n) is 10.4. The lowest BCUT2D eigenvalue weighted by molar-refractivity contribution is -0.115. The molecule has 1 aromatic rings. The predicted molar refractivity (Wildman–Crippen MR) is 70.7 cm³/mol. The van der Waals surface area contributed by atoms with E-state index in [0.29, 0.717) is 17.7 Å². The van der Waals surface area contributed by atoms with Crippen LogP contribution in [0.5, 0.6) is 0 Å². The Bertz CT molecular complexity index is 412. The van der Waals surface area contributed by atoms with E-state index in [-0.39, 0.29) is 11.9 Å². The average molecular weight is 269 g/mol. The number of anilines is 1. The van der Waals surface area contributed by atoms with Gasteiger partial charge in [0.05, 0.1) is 6.54 Å². The molecule has 1 aromatic heterocycles. The number of carbonyl (C=O) groups is 1. The summed E-state index contributed by atoms with van der Waals surface area (Å²) in [7, 11) is 0. The Morgan fingerprint density at radius 1 is 1.44 bits per heavy atom. The van der Waals surface area contributed by atoms with Crippen molar-refractivity contribution < 1.29 is 4.79 Å². The molecule has 1 heterocycles. The van der Waals surface area contributed by atoms with Crippen LogP contribution in [0.3, 0.4) is 0 Å². The predicted octanol–water partition coefficient (Wildman–Crippen LogP) is 1.91. The Morgan fingerprint density at radius 3 is 2.83 bits per heavy atom. The molecule has 0 bridgehead atoms. The maximum Gasteiger partial charge on any atom is 0.240 e. The van der Waals surface area contributed by atoms with Crippen LogP contribution >= 0.6 is 11.6 Å². The second-order valence-electron chi connectivity index (χ2n) is 4.57. The van der Waals surface area contributed by atoms with Crippen LogP contribution in [0.15, 0.2) is 6.07 Å². The molecule has 0 atom stereocenters. The van der Waals surface area contributed by atoms with Gasteiger partial charge < -0.3 is 5.32 Å². The normalized spacial score (nSPS) is 15.9. The minimum Gasteiger partial charge on any atom is -0.306 e. The first-order chi connectivity index (χ1) is 8.63. The first kappa shape index (κ1) is 13.2. The van der Waals surface area contributed by atoms with Crippen molar-refractivity contribution in [2.75, 3.05) is 11.9 Å². The van der Waals surface area contributed by atoms with Crippen LogP contribution in [0.1, 0.15) is 31.4 Å². The Labute approximate surface area is 111 Å². The molecule has 0 spiro atoms. The third-order valence-electron chi connectivity index (χ3n) is 2.98. The fourth-order valence-corrected chi connectivity index (χ4v) is 2.36. The van der Waals surface area contributed by atoms with Crippen molar-refractivity contribution in [3.8, 4) is 0 Å². The highest BCUT2D eigenvalue weighted by Crippen LogP contribution is 2.17. The van der Waals surface area contributed by atoms with E-state index in [2.05, 4.69) is 20.6 Å². The van der Waals surface area contributed by atoms with Gasteiger partial charge in [0.1, 0.15) is 5.15 Å². The van der Waals surface area contributed by atoms with Crippen LogP contribution < -0.4 is 10.6 Å². The third kappa shape index (κ3) is 3.92. The molecule has 6 heteroatoms. The Balaban J connectivity index is 1.82. The van der Waals surface area contributed by atoms with Gasteiger partial charge >= 0.3 is 0 Å². The smallest absolute Gasteiger partial charge is 0.240 e. The minimum absolute atomic E-state index is 0.136. The van der Waals surface area contributed by atoms with Crippen LogP contribution in [0, 0.1) is 6.92 Å². The van der Waals surface area contributed by atoms with Gasteiger partial charge in [0, 0.05) is 11.7 Å². The fraction of sp³-hybridized carbons (Fsp3) is 0.583. The number of rotatable bonds is 4. The van der Waals surface area contributed by atoms with Crippen molar-refractivity contribution in [1.29, 1.82) is 0 Å². The van der Waals surface area contributed by atoms with Crippen molar-refractivity contribution in [1.82, 2.24) is 15.3 Å². The van der Waals surface area contributed by atoms with E-state index < -0.39 is 0 Å². The first-order valence-corrected chi connectivity index (χ1v) is 6.56. The van der Waals surface area contributed by atoms with Crippen LogP contribution in [0.2, 0.25) is 5.15 Å². The molecule has 1 amide bonds. The van der Waals surface area contributed by atoms with Crippen molar-refractivity contribution >= 4 is 23.5 Å². The van der Waals surface area contributed by atoms with Gasteiger partial charge in [-0.15, -0.1) is 0 Å². The molecule has 18 heavy (non-hydrogen) atoms. The van der Waals surface area contributed by atoms with Gasteiger partial charge in [-0.3, -0.25) is 10.1 Å². The molecule has 2 rings (SSSR count). The zero-order chi connectivity index (χ0) is 13.0. The van der Waals surface area contributed by atoms with Gasteiger partial charge in [-0.05, 0) is 25.8 Å². The van der Waals surface area contributed by atoms with E-state index in [9.17, 15) is 4.79 Å². The third-order valence-corrected chi connectivity index (χ3v) is 3.17. The number of nitrogens with one attached hydrogen (secondary N) is 2. The van der Waals surface area contributed by atoms with Crippen molar-refractivity contribution in [2.45, 2.75) is 38.6 Å². The van der Waals surface area contributed by atoms with Gasteiger partial charge in [0.2, 0.25) is 11.9 Å². The lowest BCUT2D eigenvalue weighted by Crippen LogP contribution is -2.34. The van der Waals surface area contributed by atoms with Gasteiger partial charge in [-0.1, -0.05) is 24.4 Å². The Hall–Kier alpha value is -1.20. The summed E-state index contributed by atoms with van der Waals surface area (Å²) >= 11 is 5.80. The molecule has 0 unspecified atom stereocenters. The summed E-state index contributed by atoms with van der Waals surface area (Å²) in [5, 5.41) is 6.20. The largest absolute Gasteiger partial charge is 0.306 e. The van der Waals surface area contributed by atoms with Crippen LogP contribution in [-0.4, -0.2) is 28.5 Å². The molecule has 0 radical (unpaired) electrons. The maximum absolute atomic E-state index is 11.7. The summed E-state index contributed by atoms with van der Waals surface area (Å²) < 4.78 is 0.